The predicted octanol–water partition coefficient (Wildman–Crippen LogP) is 5.60. The van der Waals surface area contributed by atoms with Gasteiger partial charge >= 0.3 is 0 Å². The first kappa shape index (κ1) is 17.0. The Bertz CT molecular complexity index is 620. The van der Waals surface area contributed by atoms with Gasteiger partial charge in [0.05, 0.1) is 16.9 Å². The van der Waals surface area contributed by atoms with Gasteiger partial charge in [-0.15, -0.1) is 11.3 Å². The molecular formula is C16H19Br2NOS. The molecule has 1 aromatic heterocycles. The van der Waals surface area contributed by atoms with Gasteiger partial charge in [0.15, 0.2) is 0 Å². The van der Waals surface area contributed by atoms with E-state index in [1.165, 1.54) is 21.6 Å². The molecule has 2 aromatic rings. The van der Waals surface area contributed by atoms with E-state index in [9.17, 15) is 0 Å². The Kier molecular flexibility index (Phi) is 5.88. The van der Waals surface area contributed by atoms with Crippen LogP contribution >= 0.6 is 43.2 Å². The molecule has 0 aliphatic heterocycles. The standard InChI is InChI=1S/C16H19Br2NOS/c1-5-19-15(13-8-11(17)16(18)21-13)14-10(3)6-9(2)7-12(14)20-4/h6-8,15,19H,5H2,1-4H3. The maximum absolute atomic E-state index is 5.63. The summed E-state index contributed by atoms with van der Waals surface area (Å²) in [5.41, 5.74) is 3.68. The van der Waals surface area contributed by atoms with E-state index in [4.69, 9.17) is 4.74 Å². The molecule has 0 bridgehead atoms. The van der Waals surface area contributed by atoms with Crippen molar-refractivity contribution < 1.29 is 4.74 Å². The minimum absolute atomic E-state index is 0.137. The Labute approximate surface area is 147 Å². The fraction of sp³-hybridized carbons (Fsp3) is 0.375. The molecule has 0 radical (unpaired) electrons. The van der Waals surface area contributed by atoms with E-state index in [1.54, 1.807) is 18.4 Å². The van der Waals surface area contributed by atoms with Crippen LogP contribution in [-0.4, -0.2) is 13.7 Å². The first-order chi connectivity index (χ1) is 9.97. The average molecular weight is 433 g/mol. The molecule has 0 fully saturated rings. The number of thiophene rings is 1. The number of nitrogens with one attached hydrogen (secondary N) is 1. The lowest BCUT2D eigenvalue weighted by atomic mass is 9.96. The van der Waals surface area contributed by atoms with Crippen molar-refractivity contribution in [2.45, 2.75) is 26.8 Å². The number of aryl methyl sites for hydroxylation is 2. The third-order valence-electron chi connectivity index (χ3n) is 3.36. The van der Waals surface area contributed by atoms with Gasteiger partial charge in [-0.1, -0.05) is 13.0 Å². The number of hydrogen-bond donors (Lipinski definition) is 1. The highest BCUT2D eigenvalue weighted by Gasteiger charge is 2.22. The van der Waals surface area contributed by atoms with Crippen molar-refractivity contribution in [2.75, 3.05) is 13.7 Å². The van der Waals surface area contributed by atoms with Gasteiger partial charge < -0.3 is 10.1 Å². The van der Waals surface area contributed by atoms with Gasteiger partial charge in [-0.25, -0.2) is 0 Å². The Hall–Kier alpha value is -0.360. The fourth-order valence-electron chi connectivity index (χ4n) is 2.53. The van der Waals surface area contributed by atoms with E-state index in [2.05, 4.69) is 76.1 Å². The molecule has 1 unspecified atom stereocenters. The van der Waals surface area contributed by atoms with E-state index in [0.717, 1.165) is 20.6 Å². The summed E-state index contributed by atoms with van der Waals surface area (Å²) in [6, 6.07) is 6.61. The zero-order valence-electron chi connectivity index (χ0n) is 12.6. The number of benzene rings is 1. The van der Waals surface area contributed by atoms with Crippen molar-refractivity contribution in [1.29, 1.82) is 0 Å². The maximum atomic E-state index is 5.63. The van der Waals surface area contributed by atoms with Crippen molar-refractivity contribution >= 4 is 43.2 Å². The van der Waals surface area contributed by atoms with Crippen LogP contribution in [0.25, 0.3) is 0 Å². The second-order valence-electron chi connectivity index (χ2n) is 4.96. The quantitative estimate of drug-likeness (QED) is 0.663. The summed E-state index contributed by atoms with van der Waals surface area (Å²) >= 11 is 8.91. The molecule has 1 aromatic carbocycles. The predicted molar refractivity (Wildman–Crippen MR) is 97.7 cm³/mol. The molecule has 114 valence electrons. The van der Waals surface area contributed by atoms with Crippen molar-refractivity contribution in [2.24, 2.45) is 0 Å². The number of ether oxygens (including phenoxy) is 1. The lowest BCUT2D eigenvalue weighted by Gasteiger charge is -2.22. The second-order valence-corrected chi connectivity index (χ2v) is 8.21. The second kappa shape index (κ2) is 7.27. The maximum Gasteiger partial charge on any atom is 0.124 e. The van der Waals surface area contributed by atoms with Crippen LogP contribution in [0, 0.1) is 13.8 Å². The van der Waals surface area contributed by atoms with Crippen LogP contribution in [0.4, 0.5) is 0 Å². The van der Waals surface area contributed by atoms with Crippen molar-refractivity contribution in [3.8, 4) is 5.75 Å². The Morgan fingerprint density at radius 1 is 1.24 bits per heavy atom. The number of hydrogen-bond acceptors (Lipinski definition) is 3. The zero-order valence-corrected chi connectivity index (χ0v) is 16.6. The highest BCUT2D eigenvalue weighted by atomic mass is 79.9. The minimum Gasteiger partial charge on any atom is -0.496 e. The van der Waals surface area contributed by atoms with Gasteiger partial charge in [-0.3, -0.25) is 0 Å². The molecule has 1 heterocycles. The molecule has 0 spiro atoms. The minimum atomic E-state index is 0.137. The molecule has 1 N–H and O–H groups in total. The van der Waals surface area contributed by atoms with Crippen LogP contribution in [0.15, 0.2) is 26.5 Å². The summed E-state index contributed by atoms with van der Waals surface area (Å²) in [6.07, 6.45) is 0. The normalized spacial score (nSPS) is 12.5. The monoisotopic (exact) mass is 431 g/mol. The number of methoxy groups -OCH3 is 1. The highest BCUT2D eigenvalue weighted by molar-refractivity contribution is 9.13. The van der Waals surface area contributed by atoms with E-state index in [0.29, 0.717) is 0 Å². The fourth-order valence-corrected chi connectivity index (χ4v) is 4.71. The summed E-state index contributed by atoms with van der Waals surface area (Å²) < 4.78 is 7.84. The molecule has 0 saturated carbocycles. The summed E-state index contributed by atoms with van der Waals surface area (Å²) in [5.74, 6) is 0.944. The van der Waals surface area contributed by atoms with Gasteiger partial charge in [-0.05, 0) is 75.5 Å². The molecule has 2 nitrogen and oxygen atoms in total. The zero-order chi connectivity index (χ0) is 15.6. The van der Waals surface area contributed by atoms with Crippen LogP contribution in [0.2, 0.25) is 0 Å². The number of rotatable bonds is 5. The first-order valence-corrected chi connectivity index (χ1v) is 9.21. The SMILES string of the molecule is CCNC(c1cc(Br)c(Br)s1)c1c(C)cc(C)cc1OC. The molecular weight excluding hydrogens is 414 g/mol. The van der Waals surface area contributed by atoms with Crippen molar-refractivity contribution in [1.82, 2.24) is 5.32 Å². The van der Waals surface area contributed by atoms with Crippen LogP contribution in [0.3, 0.4) is 0 Å². The van der Waals surface area contributed by atoms with Crippen LogP contribution < -0.4 is 10.1 Å². The summed E-state index contributed by atoms with van der Waals surface area (Å²) in [7, 11) is 1.74. The summed E-state index contributed by atoms with van der Waals surface area (Å²) in [5, 5.41) is 3.58. The lowest BCUT2D eigenvalue weighted by Crippen LogP contribution is -2.22. The smallest absolute Gasteiger partial charge is 0.124 e. The molecule has 2 rings (SSSR count). The third-order valence-corrected chi connectivity index (χ3v) is 6.68. The van der Waals surface area contributed by atoms with Gasteiger partial charge in [0.2, 0.25) is 0 Å². The van der Waals surface area contributed by atoms with Crippen LogP contribution in [0.1, 0.15) is 34.5 Å². The van der Waals surface area contributed by atoms with Crippen molar-refractivity contribution in [3.63, 3.8) is 0 Å². The Morgan fingerprint density at radius 3 is 2.48 bits per heavy atom. The van der Waals surface area contributed by atoms with Crippen LogP contribution in [-0.2, 0) is 0 Å². The molecule has 21 heavy (non-hydrogen) atoms. The topological polar surface area (TPSA) is 21.3 Å². The Morgan fingerprint density at radius 2 is 1.95 bits per heavy atom. The van der Waals surface area contributed by atoms with E-state index in [1.807, 2.05) is 0 Å². The third kappa shape index (κ3) is 3.70. The van der Waals surface area contributed by atoms with Crippen molar-refractivity contribution in [3.05, 3.63) is 48.0 Å². The number of halogens is 2. The molecule has 5 heteroatoms. The van der Waals surface area contributed by atoms with E-state index >= 15 is 0 Å². The van der Waals surface area contributed by atoms with E-state index < -0.39 is 0 Å². The Balaban J connectivity index is 2.57. The molecule has 0 aliphatic rings. The largest absolute Gasteiger partial charge is 0.496 e. The van der Waals surface area contributed by atoms with Gasteiger partial charge in [0.1, 0.15) is 5.75 Å². The molecule has 0 amide bonds. The summed E-state index contributed by atoms with van der Waals surface area (Å²) in [6.45, 7) is 7.27. The highest BCUT2D eigenvalue weighted by Crippen LogP contribution is 2.41. The van der Waals surface area contributed by atoms with E-state index in [-0.39, 0.29) is 6.04 Å². The molecule has 1 atom stereocenters. The van der Waals surface area contributed by atoms with Gasteiger partial charge in [-0.2, -0.15) is 0 Å². The van der Waals surface area contributed by atoms with Gasteiger partial charge in [0.25, 0.3) is 0 Å². The lowest BCUT2D eigenvalue weighted by molar-refractivity contribution is 0.403. The van der Waals surface area contributed by atoms with Crippen LogP contribution in [0.5, 0.6) is 5.75 Å². The first-order valence-electron chi connectivity index (χ1n) is 6.81. The summed E-state index contributed by atoms with van der Waals surface area (Å²) in [4.78, 5) is 1.26. The molecule has 0 saturated heterocycles. The average Bonchev–Trinajstić information content (AvgIpc) is 2.76. The molecule has 0 aliphatic carbocycles. The van der Waals surface area contributed by atoms with Gasteiger partial charge in [0, 0.05) is 14.9 Å².